The summed E-state index contributed by atoms with van der Waals surface area (Å²) in [5, 5.41) is 0. The molecule has 2 heteroatoms. The van der Waals surface area contributed by atoms with Crippen molar-refractivity contribution in [3.8, 4) is 0 Å². The highest BCUT2D eigenvalue weighted by Gasteiger charge is 2.04. The first-order valence-corrected chi connectivity index (χ1v) is 9.00. The van der Waals surface area contributed by atoms with Crippen LogP contribution in [-0.4, -0.2) is 19.0 Å². The van der Waals surface area contributed by atoms with Gasteiger partial charge in [0, 0.05) is 25.2 Å². The Morgan fingerprint density at radius 3 is 2.09 bits per heavy atom. The minimum absolute atomic E-state index is 0.219. The summed E-state index contributed by atoms with van der Waals surface area (Å²) in [7, 11) is 0. The zero-order chi connectivity index (χ0) is 15.9. The Morgan fingerprint density at radius 1 is 0.818 bits per heavy atom. The van der Waals surface area contributed by atoms with Crippen LogP contribution >= 0.6 is 0 Å². The van der Waals surface area contributed by atoms with Crippen LogP contribution in [0.2, 0.25) is 0 Å². The Morgan fingerprint density at radius 2 is 1.41 bits per heavy atom. The van der Waals surface area contributed by atoms with E-state index in [0.717, 1.165) is 25.0 Å². The second kappa shape index (κ2) is 13.5. The average molecular weight is 304 g/mol. The Bertz CT molecular complexity index is 373. The van der Waals surface area contributed by atoms with Gasteiger partial charge in [-0.3, -0.25) is 4.79 Å². The minimum Gasteiger partial charge on any atom is -0.381 e. The number of benzene rings is 1. The number of hydrogen-bond acceptors (Lipinski definition) is 2. The molecule has 0 bridgehead atoms. The molecule has 0 heterocycles. The van der Waals surface area contributed by atoms with Gasteiger partial charge in [-0.25, -0.2) is 0 Å². The van der Waals surface area contributed by atoms with Gasteiger partial charge < -0.3 is 4.74 Å². The molecule has 0 saturated heterocycles. The third-order valence-corrected chi connectivity index (χ3v) is 3.93. The summed E-state index contributed by atoms with van der Waals surface area (Å²) in [5.74, 6) is 0.219. The molecule has 0 radical (unpaired) electrons. The molecule has 0 aliphatic heterocycles. The number of ketones is 1. The van der Waals surface area contributed by atoms with Crippen molar-refractivity contribution < 1.29 is 9.53 Å². The second-order valence-corrected chi connectivity index (χ2v) is 5.98. The average Bonchev–Trinajstić information content (AvgIpc) is 2.56. The first kappa shape index (κ1) is 18.9. The molecule has 0 aromatic heterocycles. The lowest BCUT2D eigenvalue weighted by atomic mass is 10.1. The maximum Gasteiger partial charge on any atom is 0.162 e. The van der Waals surface area contributed by atoms with E-state index in [1.165, 1.54) is 44.9 Å². The van der Waals surface area contributed by atoms with Crippen LogP contribution in [0, 0.1) is 0 Å². The number of ether oxygens (including phenoxy) is 1. The maximum absolute atomic E-state index is 11.9. The van der Waals surface area contributed by atoms with Crippen LogP contribution < -0.4 is 0 Å². The Labute approximate surface area is 136 Å². The van der Waals surface area contributed by atoms with Crippen LogP contribution in [0.1, 0.15) is 81.5 Å². The monoisotopic (exact) mass is 304 g/mol. The molecule has 1 aromatic carbocycles. The van der Waals surface area contributed by atoms with Gasteiger partial charge in [0.25, 0.3) is 0 Å². The van der Waals surface area contributed by atoms with Gasteiger partial charge in [0.1, 0.15) is 0 Å². The topological polar surface area (TPSA) is 26.3 Å². The molecule has 1 aromatic rings. The summed E-state index contributed by atoms with van der Waals surface area (Å²) in [6.45, 7) is 3.80. The number of rotatable bonds is 14. The van der Waals surface area contributed by atoms with E-state index in [1.54, 1.807) is 0 Å². The summed E-state index contributed by atoms with van der Waals surface area (Å²) in [5.41, 5.74) is 0.811. The van der Waals surface area contributed by atoms with E-state index in [-0.39, 0.29) is 5.78 Å². The molecule has 0 amide bonds. The molecule has 0 atom stereocenters. The molecule has 1 rings (SSSR count). The van der Waals surface area contributed by atoms with E-state index in [0.29, 0.717) is 13.0 Å². The highest BCUT2D eigenvalue weighted by atomic mass is 16.5. The standard InChI is InChI=1S/C20H32O2/c1-2-3-4-5-6-7-8-12-17-22-18-13-16-20(21)19-14-10-9-11-15-19/h9-11,14-15H,2-8,12-13,16-18H2,1H3. The van der Waals surface area contributed by atoms with Crippen LogP contribution in [0.4, 0.5) is 0 Å². The van der Waals surface area contributed by atoms with Crippen molar-refractivity contribution in [1.29, 1.82) is 0 Å². The van der Waals surface area contributed by atoms with Gasteiger partial charge in [-0.1, -0.05) is 82.2 Å². The number of carbonyl (C=O) groups is 1. The van der Waals surface area contributed by atoms with Crippen LogP contribution in [0.5, 0.6) is 0 Å². The largest absolute Gasteiger partial charge is 0.381 e. The van der Waals surface area contributed by atoms with Crippen molar-refractivity contribution in [2.75, 3.05) is 13.2 Å². The fourth-order valence-corrected chi connectivity index (χ4v) is 2.54. The Hall–Kier alpha value is -1.15. The predicted molar refractivity (Wildman–Crippen MR) is 93.4 cm³/mol. The summed E-state index contributed by atoms with van der Waals surface area (Å²) in [4.78, 5) is 11.9. The minimum atomic E-state index is 0.219. The number of Topliss-reactive ketones (excluding diaryl/α,β-unsaturated/α-hetero) is 1. The molecule has 0 N–H and O–H groups in total. The molecular weight excluding hydrogens is 272 g/mol. The zero-order valence-corrected chi connectivity index (χ0v) is 14.2. The van der Waals surface area contributed by atoms with Gasteiger partial charge in [-0.05, 0) is 12.8 Å². The summed E-state index contributed by atoms with van der Waals surface area (Å²) >= 11 is 0. The van der Waals surface area contributed by atoms with Crippen molar-refractivity contribution in [3.05, 3.63) is 35.9 Å². The van der Waals surface area contributed by atoms with Crippen molar-refractivity contribution in [2.45, 2.75) is 71.1 Å². The highest BCUT2D eigenvalue weighted by Crippen LogP contribution is 2.09. The lowest BCUT2D eigenvalue weighted by Gasteiger charge is -2.05. The predicted octanol–water partition coefficient (Wildman–Crippen LogP) is 5.81. The first-order chi connectivity index (χ1) is 10.8. The molecule has 0 saturated carbocycles. The lowest BCUT2D eigenvalue weighted by molar-refractivity contribution is 0.0933. The van der Waals surface area contributed by atoms with E-state index >= 15 is 0 Å². The number of carbonyl (C=O) groups excluding carboxylic acids is 1. The summed E-state index contributed by atoms with van der Waals surface area (Å²) in [6.07, 6.45) is 12.0. The van der Waals surface area contributed by atoms with Crippen molar-refractivity contribution in [2.24, 2.45) is 0 Å². The van der Waals surface area contributed by atoms with Gasteiger partial charge in [0.05, 0.1) is 0 Å². The van der Waals surface area contributed by atoms with E-state index in [4.69, 9.17) is 4.74 Å². The van der Waals surface area contributed by atoms with E-state index in [9.17, 15) is 4.79 Å². The van der Waals surface area contributed by atoms with Crippen molar-refractivity contribution in [3.63, 3.8) is 0 Å². The van der Waals surface area contributed by atoms with Crippen LogP contribution in [0.15, 0.2) is 30.3 Å². The number of unbranched alkanes of at least 4 members (excludes halogenated alkanes) is 7. The van der Waals surface area contributed by atoms with Gasteiger partial charge in [-0.15, -0.1) is 0 Å². The summed E-state index contributed by atoms with van der Waals surface area (Å²) < 4.78 is 5.61. The fourth-order valence-electron chi connectivity index (χ4n) is 2.54. The Balaban J connectivity index is 1.85. The van der Waals surface area contributed by atoms with Gasteiger partial charge in [0.15, 0.2) is 5.78 Å². The normalized spacial score (nSPS) is 10.8. The smallest absolute Gasteiger partial charge is 0.162 e. The van der Waals surface area contributed by atoms with Gasteiger partial charge in [0.2, 0.25) is 0 Å². The third kappa shape index (κ3) is 9.73. The van der Waals surface area contributed by atoms with Crippen LogP contribution in [-0.2, 0) is 4.74 Å². The van der Waals surface area contributed by atoms with E-state index in [2.05, 4.69) is 6.92 Å². The lowest BCUT2D eigenvalue weighted by Crippen LogP contribution is -2.03. The molecule has 0 aliphatic carbocycles. The second-order valence-electron chi connectivity index (χ2n) is 5.98. The van der Waals surface area contributed by atoms with Crippen molar-refractivity contribution >= 4 is 5.78 Å². The first-order valence-electron chi connectivity index (χ1n) is 9.00. The maximum atomic E-state index is 11.9. The zero-order valence-electron chi connectivity index (χ0n) is 14.2. The fraction of sp³-hybridized carbons (Fsp3) is 0.650. The van der Waals surface area contributed by atoms with E-state index in [1.807, 2.05) is 30.3 Å². The summed E-state index contributed by atoms with van der Waals surface area (Å²) in [6, 6.07) is 9.51. The molecule has 2 nitrogen and oxygen atoms in total. The third-order valence-electron chi connectivity index (χ3n) is 3.93. The molecule has 0 unspecified atom stereocenters. The highest BCUT2D eigenvalue weighted by molar-refractivity contribution is 5.95. The molecule has 0 aliphatic rings. The Kier molecular flexibility index (Phi) is 11.6. The molecule has 0 fully saturated rings. The van der Waals surface area contributed by atoms with Crippen LogP contribution in [0.25, 0.3) is 0 Å². The van der Waals surface area contributed by atoms with Crippen molar-refractivity contribution in [1.82, 2.24) is 0 Å². The van der Waals surface area contributed by atoms with E-state index < -0.39 is 0 Å². The quantitative estimate of drug-likeness (QED) is 0.320. The van der Waals surface area contributed by atoms with Crippen LogP contribution in [0.3, 0.4) is 0 Å². The SMILES string of the molecule is CCCCCCCCCCOCCCC(=O)c1ccccc1. The molecule has 22 heavy (non-hydrogen) atoms. The number of hydrogen-bond donors (Lipinski definition) is 0. The van der Waals surface area contributed by atoms with Gasteiger partial charge in [-0.2, -0.15) is 0 Å². The molecule has 0 spiro atoms. The van der Waals surface area contributed by atoms with Gasteiger partial charge >= 0.3 is 0 Å². The molecular formula is C20H32O2. The molecule has 124 valence electrons.